The number of carbonyl (C=O) groups is 2. The van der Waals surface area contributed by atoms with Gasteiger partial charge in [0, 0.05) is 35.4 Å². The van der Waals surface area contributed by atoms with Gasteiger partial charge in [-0.05, 0) is 82.2 Å². The highest BCUT2D eigenvalue weighted by atomic mass is 35.5. The van der Waals surface area contributed by atoms with Gasteiger partial charge in [0.05, 0.1) is 11.0 Å². The summed E-state index contributed by atoms with van der Waals surface area (Å²) in [5, 5.41) is 6.97. The van der Waals surface area contributed by atoms with Crippen LogP contribution < -0.4 is 15.5 Å². The smallest absolute Gasteiger partial charge is 0.253 e. The normalized spacial score (nSPS) is 24.5. The van der Waals surface area contributed by atoms with E-state index in [0.29, 0.717) is 28.7 Å². The minimum Gasteiger partial charge on any atom is -0.352 e. The number of rotatable bonds is 6. The van der Waals surface area contributed by atoms with Crippen LogP contribution >= 0.6 is 11.6 Å². The number of benzene rings is 1. The third-order valence-corrected chi connectivity index (χ3v) is 7.60. The van der Waals surface area contributed by atoms with Crippen LogP contribution in [0.2, 0.25) is 5.02 Å². The molecule has 1 unspecified atom stereocenters. The van der Waals surface area contributed by atoms with Crippen molar-refractivity contribution in [2.45, 2.75) is 82.0 Å². The molecule has 33 heavy (non-hydrogen) atoms. The number of aromatic nitrogens is 1. The molecule has 3 atom stereocenters. The van der Waals surface area contributed by atoms with Crippen LogP contribution in [0.5, 0.6) is 0 Å². The highest BCUT2D eigenvalue weighted by Crippen LogP contribution is 2.39. The Morgan fingerprint density at radius 3 is 2.33 bits per heavy atom. The molecule has 2 amide bonds. The second-order valence-corrected chi connectivity index (χ2v) is 10.7. The van der Waals surface area contributed by atoms with Gasteiger partial charge in [-0.2, -0.15) is 0 Å². The van der Waals surface area contributed by atoms with Gasteiger partial charge in [0.2, 0.25) is 5.91 Å². The Bertz CT molecular complexity index is 1040. The van der Waals surface area contributed by atoms with Crippen LogP contribution in [0, 0.1) is 0 Å². The number of fused-ring (bicyclic) bond motifs is 2. The number of halogens is 1. The van der Waals surface area contributed by atoms with E-state index in [1.807, 2.05) is 50.2 Å². The van der Waals surface area contributed by atoms with Crippen LogP contribution in [0.3, 0.4) is 0 Å². The summed E-state index contributed by atoms with van der Waals surface area (Å²) in [4.78, 5) is 32.5. The zero-order chi connectivity index (χ0) is 23.2. The summed E-state index contributed by atoms with van der Waals surface area (Å²) >= 11 is 6.15. The van der Waals surface area contributed by atoms with E-state index < -0.39 is 5.41 Å². The second-order valence-electron chi connectivity index (χ2n) is 10.2. The van der Waals surface area contributed by atoms with E-state index in [1.165, 1.54) is 0 Å². The Labute approximate surface area is 200 Å². The van der Waals surface area contributed by atoms with Crippen molar-refractivity contribution in [3.05, 3.63) is 58.7 Å². The monoisotopic (exact) mass is 466 g/mol. The van der Waals surface area contributed by atoms with Crippen molar-refractivity contribution in [2.24, 2.45) is 0 Å². The number of anilines is 1. The molecule has 1 aliphatic carbocycles. The maximum Gasteiger partial charge on any atom is 0.253 e. The van der Waals surface area contributed by atoms with Crippen molar-refractivity contribution in [2.75, 3.05) is 4.90 Å². The molecule has 7 heteroatoms. The molecule has 2 saturated heterocycles. The van der Waals surface area contributed by atoms with Gasteiger partial charge in [-0.1, -0.05) is 23.7 Å². The van der Waals surface area contributed by atoms with Gasteiger partial charge in [0.15, 0.2) is 0 Å². The quantitative estimate of drug-likeness (QED) is 0.668. The van der Waals surface area contributed by atoms with Gasteiger partial charge < -0.3 is 15.5 Å². The first-order valence-electron chi connectivity index (χ1n) is 11.9. The van der Waals surface area contributed by atoms with Crippen molar-refractivity contribution < 1.29 is 9.59 Å². The van der Waals surface area contributed by atoms with E-state index in [1.54, 1.807) is 6.20 Å². The Balaban J connectivity index is 1.23. The van der Waals surface area contributed by atoms with E-state index >= 15 is 0 Å². The fourth-order valence-corrected chi connectivity index (χ4v) is 5.40. The predicted molar refractivity (Wildman–Crippen MR) is 130 cm³/mol. The summed E-state index contributed by atoms with van der Waals surface area (Å²) in [5.74, 6) is 0.921. The van der Waals surface area contributed by atoms with Crippen molar-refractivity contribution >= 4 is 29.2 Å². The summed E-state index contributed by atoms with van der Waals surface area (Å²) in [6.45, 7) is 3.89. The Hall–Kier alpha value is -2.60. The summed E-state index contributed by atoms with van der Waals surface area (Å²) in [5.41, 5.74) is 0.880. The second kappa shape index (κ2) is 8.64. The lowest BCUT2D eigenvalue weighted by Crippen LogP contribution is -2.53. The SMILES string of the molecule is CC(C)(C(=O)NC1C[C@H]2CC[C@@H](C1)N2c1ccc(C(=O)NC2CC2)cn1)c1cccc(Cl)c1. The molecule has 0 spiro atoms. The van der Waals surface area contributed by atoms with Crippen LogP contribution in [0.4, 0.5) is 5.82 Å². The lowest BCUT2D eigenvalue weighted by Gasteiger charge is -2.41. The number of hydrogen-bond acceptors (Lipinski definition) is 4. The fourth-order valence-electron chi connectivity index (χ4n) is 5.21. The largest absolute Gasteiger partial charge is 0.352 e. The lowest BCUT2D eigenvalue weighted by molar-refractivity contribution is -0.126. The minimum absolute atomic E-state index is 0.0340. The van der Waals surface area contributed by atoms with Crippen molar-refractivity contribution in [1.82, 2.24) is 15.6 Å². The van der Waals surface area contributed by atoms with Crippen LogP contribution in [0.15, 0.2) is 42.6 Å². The molecule has 1 aromatic carbocycles. The average molecular weight is 467 g/mol. The van der Waals surface area contributed by atoms with Gasteiger partial charge in [-0.15, -0.1) is 0 Å². The molecule has 5 rings (SSSR count). The van der Waals surface area contributed by atoms with Gasteiger partial charge in [0.1, 0.15) is 5.82 Å². The van der Waals surface area contributed by atoms with Crippen LogP contribution in [0.25, 0.3) is 0 Å². The molecule has 3 aliphatic rings. The molecule has 2 N–H and O–H groups in total. The zero-order valence-corrected chi connectivity index (χ0v) is 19.9. The number of hydrogen-bond donors (Lipinski definition) is 2. The van der Waals surface area contributed by atoms with Gasteiger partial charge in [-0.25, -0.2) is 4.98 Å². The van der Waals surface area contributed by atoms with E-state index in [2.05, 4.69) is 20.5 Å². The van der Waals surface area contributed by atoms with Crippen molar-refractivity contribution in [3.8, 4) is 0 Å². The molecule has 3 heterocycles. The summed E-state index contributed by atoms with van der Waals surface area (Å²) < 4.78 is 0. The molecule has 2 bridgehead atoms. The molecular formula is C26H31ClN4O2. The fraction of sp³-hybridized carbons (Fsp3) is 0.500. The topological polar surface area (TPSA) is 74.3 Å². The van der Waals surface area contributed by atoms with E-state index in [-0.39, 0.29) is 17.9 Å². The number of carbonyl (C=O) groups excluding carboxylic acids is 2. The molecule has 0 radical (unpaired) electrons. The first-order valence-corrected chi connectivity index (χ1v) is 12.3. The van der Waals surface area contributed by atoms with Crippen LogP contribution in [0.1, 0.15) is 68.3 Å². The summed E-state index contributed by atoms with van der Waals surface area (Å²) in [6, 6.07) is 12.6. The molecule has 1 saturated carbocycles. The number of amides is 2. The summed E-state index contributed by atoms with van der Waals surface area (Å²) in [7, 11) is 0. The highest BCUT2D eigenvalue weighted by molar-refractivity contribution is 6.30. The van der Waals surface area contributed by atoms with Crippen LogP contribution in [-0.4, -0.2) is 41.0 Å². The first-order chi connectivity index (χ1) is 15.8. The Kier molecular flexibility index (Phi) is 5.81. The molecule has 2 aliphatic heterocycles. The standard InChI is InChI=1S/C26H31ClN4O2/c1-26(2,17-4-3-5-18(27)12-17)25(33)30-20-13-21-9-10-22(14-20)31(21)23-11-6-16(15-28-23)24(32)29-19-7-8-19/h3-6,11-12,15,19-22H,7-10,13-14H2,1-2H3,(H,29,32)(H,30,33)/t20?,21-,22+. The maximum absolute atomic E-state index is 13.2. The Morgan fingerprint density at radius 2 is 1.73 bits per heavy atom. The zero-order valence-electron chi connectivity index (χ0n) is 19.2. The van der Waals surface area contributed by atoms with E-state index in [4.69, 9.17) is 11.6 Å². The number of nitrogens with one attached hydrogen (secondary N) is 2. The average Bonchev–Trinajstić information content (AvgIpc) is 3.57. The molecule has 3 fully saturated rings. The van der Waals surface area contributed by atoms with Crippen molar-refractivity contribution in [1.29, 1.82) is 0 Å². The molecule has 2 aromatic rings. The van der Waals surface area contributed by atoms with Crippen molar-refractivity contribution in [3.63, 3.8) is 0 Å². The Morgan fingerprint density at radius 1 is 1.00 bits per heavy atom. The van der Waals surface area contributed by atoms with E-state index in [9.17, 15) is 9.59 Å². The molecule has 174 valence electrons. The number of pyridine rings is 1. The van der Waals surface area contributed by atoms with E-state index in [0.717, 1.165) is 49.9 Å². The predicted octanol–water partition coefficient (Wildman–Crippen LogP) is 4.22. The molecule has 1 aromatic heterocycles. The lowest BCUT2D eigenvalue weighted by atomic mass is 9.83. The third-order valence-electron chi connectivity index (χ3n) is 7.37. The molecule has 6 nitrogen and oxygen atoms in total. The number of nitrogens with zero attached hydrogens (tertiary/aromatic N) is 2. The summed E-state index contributed by atoms with van der Waals surface area (Å²) in [6.07, 6.45) is 7.83. The van der Waals surface area contributed by atoms with Gasteiger partial charge >= 0.3 is 0 Å². The van der Waals surface area contributed by atoms with Gasteiger partial charge in [0.25, 0.3) is 5.91 Å². The molecular weight excluding hydrogens is 436 g/mol. The van der Waals surface area contributed by atoms with Gasteiger partial charge in [-0.3, -0.25) is 9.59 Å². The van der Waals surface area contributed by atoms with Crippen LogP contribution in [-0.2, 0) is 10.2 Å². The minimum atomic E-state index is -0.653. The maximum atomic E-state index is 13.2. The first kappa shape index (κ1) is 22.2. The highest BCUT2D eigenvalue weighted by Gasteiger charge is 2.43. The number of piperidine rings is 1. The third kappa shape index (κ3) is 4.58.